The van der Waals surface area contributed by atoms with E-state index in [1.807, 2.05) is 13.8 Å². The number of nitrogens with zero attached hydrogens (tertiary/aromatic N) is 1. The van der Waals surface area contributed by atoms with Crippen molar-refractivity contribution >= 4 is 29.3 Å². The van der Waals surface area contributed by atoms with Gasteiger partial charge in [-0.05, 0) is 26.0 Å². The average Bonchev–Trinajstić information content (AvgIpc) is 2.98. The van der Waals surface area contributed by atoms with Gasteiger partial charge in [0.1, 0.15) is 5.76 Å². The van der Waals surface area contributed by atoms with Crippen LogP contribution in [0.25, 0.3) is 0 Å². The van der Waals surface area contributed by atoms with Gasteiger partial charge in [-0.2, -0.15) is 0 Å². The van der Waals surface area contributed by atoms with Crippen LogP contribution in [0.1, 0.15) is 17.0 Å². The monoisotopic (exact) mass is 394 g/mol. The van der Waals surface area contributed by atoms with Crippen molar-refractivity contribution in [2.24, 2.45) is 0 Å². The number of aryl methyl sites for hydroxylation is 2. The molecule has 1 heterocycles. The number of rotatable bonds is 9. The lowest BCUT2D eigenvalue weighted by Gasteiger charge is -2.10. The summed E-state index contributed by atoms with van der Waals surface area (Å²) in [7, 11) is 3.03. The molecule has 0 unspecified atom stereocenters. The first-order chi connectivity index (χ1) is 12.9. The third-order valence-electron chi connectivity index (χ3n) is 3.68. The van der Waals surface area contributed by atoms with Crippen molar-refractivity contribution in [2.45, 2.75) is 19.6 Å². The third-order valence-corrected chi connectivity index (χ3v) is 4.61. The molecule has 146 valence electrons. The van der Waals surface area contributed by atoms with Crippen LogP contribution in [-0.4, -0.2) is 43.6 Å². The molecule has 2 rings (SSSR count). The summed E-state index contributed by atoms with van der Waals surface area (Å²) in [6.45, 7) is 3.31. The Morgan fingerprint density at radius 1 is 1.19 bits per heavy atom. The Morgan fingerprint density at radius 3 is 2.56 bits per heavy atom. The van der Waals surface area contributed by atoms with Gasteiger partial charge in [-0.3, -0.25) is 9.59 Å². The Bertz CT molecular complexity index is 786. The summed E-state index contributed by atoms with van der Waals surface area (Å²) in [5.74, 6) is 1.60. The summed E-state index contributed by atoms with van der Waals surface area (Å²) >= 11 is 1.38. The summed E-state index contributed by atoms with van der Waals surface area (Å²) in [4.78, 5) is 23.7. The maximum absolute atomic E-state index is 11.9. The number of benzene rings is 1. The number of amides is 1. The van der Waals surface area contributed by atoms with Crippen LogP contribution in [0.5, 0.6) is 11.5 Å². The molecular formula is C18H22N2O6S. The quantitative estimate of drug-likeness (QED) is 0.648. The second-order valence-electron chi connectivity index (χ2n) is 5.57. The van der Waals surface area contributed by atoms with Gasteiger partial charge < -0.3 is 24.1 Å². The van der Waals surface area contributed by atoms with Crippen molar-refractivity contribution in [3.8, 4) is 11.5 Å². The minimum Gasteiger partial charge on any atom is -0.493 e. The van der Waals surface area contributed by atoms with E-state index in [9.17, 15) is 9.59 Å². The van der Waals surface area contributed by atoms with E-state index in [0.717, 1.165) is 17.0 Å². The van der Waals surface area contributed by atoms with Gasteiger partial charge in [0.05, 0.1) is 25.7 Å². The Hall–Kier alpha value is -2.68. The number of aromatic nitrogens is 1. The number of esters is 1. The lowest BCUT2D eigenvalue weighted by molar-refractivity contribution is -0.144. The van der Waals surface area contributed by atoms with Gasteiger partial charge in [0.15, 0.2) is 18.1 Å². The van der Waals surface area contributed by atoms with E-state index in [2.05, 4.69) is 10.5 Å². The van der Waals surface area contributed by atoms with Crippen LogP contribution >= 0.6 is 11.8 Å². The predicted molar refractivity (Wildman–Crippen MR) is 101 cm³/mol. The van der Waals surface area contributed by atoms with Crippen molar-refractivity contribution in [2.75, 3.05) is 31.9 Å². The zero-order valence-corrected chi connectivity index (χ0v) is 16.5. The first-order valence-corrected chi connectivity index (χ1v) is 9.27. The van der Waals surface area contributed by atoms with Crippen molar-refractivity contribution in [3.05, 3.63) is 35.2 Å². The van der Waals surface area contributed by atoms with E-state index >= 15 is 0 Å². The van der Waals surface area contributed by atoms with Gasteiger partial charge >= 0.3 is 5.97 Å². The van der Waals surface area contributed by atoms with Crippen LogP contribution < -0.4 is 14.8 Å². The highest BCUT2D eigenvalue weighted by molar-refractivity contribution is 7.99. The summed E-state index contributed by atoms with van der Waals surface area (Å²) < 4.78 is 20.4. The zero-order valence-electron chi connectivity index (χ0n) is 15.7. The van der Waals surface area contributed by atoms with Crippen molar-refractivity contribution in [3.63, 3.8) is 0 Å². The average molecular weight is 394 g/mol. The van der Waals surface area contributed by atoms with Crippen LogP contribution in [0.4, 0.5) is 5.69 Å². The molecule has 0 saturated heterocycles. The molecule has 0 spiro atoms. The first-order valence-electron chi connectivity index (χ1n) is 8.11. The maximum atomic E-state index is 11.9. The molecule has 0 atom stereocenters. The zero-order chi connectivity index (χ0) is 19.8. The predicted octanol–water partition coefficient (Wildman–Crippen LogP) is 2.72. The van der Waals surface area contributed by atoms with Crippen LogP contribution in [0.2, 0.25) is 0 Å². The van der Waals surface area contributed by atoms with E-state index in [-0.39, 0.29) is 12.4 Å². The minimum atomic E-state index is -0.464. The number of carbonyl (C=O) groups excluding carboxylic acids is 2. The molecule has 0 radical (unpaired) electrons. The second kappa shape index (κ2) is 9.86. The fourth-order valence-corrected chi connectivity index (χ4v) is 3.21. The van der Waals surface area contributed by atoms with E-state index in [1.54, 1.807) is 18.2 Å². The lowest BCUT2D eigenvalue weighted by Crippen LogP contribution is -2.21. The highest BCUT2D eigenvalue weighted by Crippen LogP contribution is 2.29. The Morgan fingerprint density at radius 2 is 1.93 bits per heavy atom. The molecule has 1 amide bonds. The Balaban J connectivity index is 1.74. The molecule has 8 nitrogen and oxygen atoms in total. The number of methoxy groups -OCH3 is 2. The van der Waals surface area contributed by atoms with Crippen molar-refractivity contribution < 1.29 is 28.3 Å². The number of hydrogen-bond donors (Lipinski definition) is 1. The highest BCUT2D eigenvalue weighted by atomic mass is 32.2. The molecule has 0 aliphatic rings. The molecule has 27 heavy (non-hydrogen) atoms. The first kappa shape index (κ1) is 20.6. The minimum absolute atomic E-state index is 0.133. The lowest BCUT2D eigenvalue weighted by atomic mass is 10.2. The number of nitrogens with one attached hydrogen (secondary N) is 1. The topological polar surface area (TPSA) is 99.9 Å². The summed E-state index contributed by atoms with van der Waals surface area (Å²) in [5, 5.41) is 6.50. The van der Waals surface area contributed by atoms with E-state index < -0.39 is 11.9 Å². The van der Waals surface area contributed by atoms with Crippen molar-refractivity contribution in [1.29, 1.82) is 0 Å². The van der Waals surface area contributed by atoms with Crippen LogP contribution in [0.15, 0.2) is 22.7 Å². The largest absolute Gasteiger partial charge is 0.493 e. The summed E-state index contributed by atoms with van der Waals surface area (Å²) in [6.07, 6.45) is 0. The number of anilines is 1. The molecule has 1 N–H and O–H groups in total. The van der Waals surface area contributed by atoms with Crippen LogP contribution in [0, 0.1) is 13.8 Å². The van der Waals surface area contributed by atoms with Crippen LogP contribution in [0.3, 0.4) is 0 Å². The van der Waals surface area contributed by atoms with Crippen molar-refractivity contribution in [1.82, 2.24) is 5.16 Å². The number of hydrogen-bond acceptors (Lipinski definition) is 8. The fraction of sp³-hybridized carbons (Fsp3) is 0.389. The van der Waals surface area contributed by atoms with Gasteiger partial charge in [-0.15, -0.1) is 11.8 Å². The molecule has 0 bridgehead atoms. The standard InChI is InChI=1S/C18H22N2O6S/c1-11-14(12(2)26-20-11)9-27-10-18(22)25-8-17(21)19-13-5-6-15(23-3)16(7-13)24-4/h5-7H,8-10H2,1-4H3,(H,19,21). The summed E-state index contributed by atoms with van der Waals surface area (Å²) in [6, 6.07) is 4.96. The fourth-order valence-electron chi connectivity index (χ4n) is 2.24. The Kier molecular flexibility index (Phi) is 7.54. The SMILES string of the molecule is COc1ccc(NC(=O)COC(=O)CSCc2c(C)noc2C)cc1OC. The molecule has 9 heteroatoms. The third kappa shape index (κ3) is 5.92. The smallest absolute Gasteiger partial charge is 0.316 e. The number of carbonyl (C=O) groups is 2. The van der Waals surface area contributed by atoms with Crippen LogP contribution in [-0.2, 0) is 20.1 Å². The Labute approximate surface area is 161 Å². The number of ether oxygens (including phenoxy) is 3. The van der Waals surface area contributed by atoms with E-state index in [0.29, 0.717) is 22.9 Å². The van der Waals surface area contributed by atoms with Gasteiger partial charge in [0.25, 0.3) is 5.91 Å². The molecule has 0 saturated carbocycles. The second-order valence-corrected chi connectivity index (χ2v) is 6.56. The highest BCUT2D eigenvalue weighted by Gasteiger charge is 2.12. The summed E-state index contributed by atoms with van der Waals surface area (Å²) in [5.41, 5.74) is 2.29. The van der Waals surface area contributed by atoms with Gasteiger partial charge in [-0.25, -0.2) is 0 Å². The molecule has 0 aliphatic carbocycles. The molecule has 0 fully saturated rings. The molecule has 1 aromatic heterocycles. The molecule has 2 aromatic rings. The van der Waals surface area contributed by atoms with E-state index in [4.69, 9.17) is 18.7 Å². The molecule has 1 aromatic carbocycles. The van der Waals surface area contributed by atoms with Gasteiger partial charge in [0, 0.05) is 23.1 Å². The molecular weight excluding hydrogens is 372 g/mol. The van der Waals surface area contributed by atoms with Gasteiger partial charge in [0.2, 0.25) is 0 Å². The van der Waals surface area contributed by atoms with E-state index in [1.165, 1.54) is 26.0 Å². The number of thioether (sulfide) groups is 1. The maximum Gasteiger partial charge on any atom is 0.316 e. The normalized spacial score (nSPS) is 10.4. The van der Waals surface area contributed by atoms with Gasteiger partial charge in [-0.1, -0.05) is 5.16 Å². The molecule has 0 aliphatic heterocycles.